The van der Waals surface area contributed by atoms with E-state index in [1.54, 1.807) is 12.1 Å². The summed E-state index contributed by atoms with van der Waals surface area (Å²) in [5.41, 5.74) is 3.42. The summed E-state index contributed by atoms with van der Waals surface area (Å²) in [4.78, 5) is 17.1. The Kier molecular flexibility index (Phi) is 5.92. The summed E-state index contributed by atoms with van der Waals surface area (Å²) < 4.78 is 13.7. The number of aromatic nitrogens is 4. The third kappa shape index (κ3) is 4.36. The lowest BCUT2D eigenvalue weighted by Crippen LogP contribution is -2.16. The molecule has 28 heavy (non-hydrogen) atoms. The van der Waals surface area contributed by atoms with E-state index in [-0.39, 0.29) is 11.9 Å². The summed E-state index contributed by atoms with van der Waals surface area (Å²) in [6.45, 7) is 1.73. The number of hydrogen-bond donors (Lipinski definition) is 2. The first-order chi connectivity index (χ1) is 13.7. The van der Waals surface area contributed by atoms with Crippen LogP contribution < -0.4 is 10.6 Å². The van der Waals surface area contributed by atoms with E-state index in [1.165, 1.54) is 12.5 Å². The van der Waals surface area contributed by atoms with Gasteiger partial charge in [0.25, 0.3) is 0 Å². The van der Waals surface area contributed by atoms with Crippen molar-refractivity contribution in [3.05, 3.63) is 53.0 Å². The van der Waals surface area contributed by atoms with Crippen LogP contribution in [0.15, 0.2) is 30.7 Å². The van der Waals surface area contributed by atoms with Crippen molar-refractivity contribution in [2.24, 2.45) is 0 Å². The van der Waals surface area contributed by atoms with Crippen LogP contribution in [0.25, 0.3) is 11.0 Å². The van der Waals surface area contributed by atoms with E-state index in [1.807, 2.05) is 6.07 Å². The largest absolute Gasteiger partial charge is 0.368 e. The third-order valence-electron chi connectivity index (χ3n) is 4.99. The fourth-order valence-electron chi connectivity index (χ4n) is 3.61. The van der Waals surface area contributed by atoms with Crippen molar-refractivity contribution >= 4 is 28.5 Å². The third-order valence-corrected chi connectivity index (χ3v) is 5.20. The van der Waals surface area contributed by atoms with Gasteiger partial charge >= 0.3 is 0 Å². The molecule has 2 N–H and O–H groups in total. The van der Waals surface area contributed by atoms with Gasteiger partial charge in [0.05, 0.1) is 11.7 Å². The monoisotopic (exact) mass is 400 g/mol. The molecule has 0 radical (unpaired) electrons. The molecule has 1 saturated heterocycles. The first-order valence-electron chi connectivity index (χ1n) is 9.59. The van der Waals surface area contributed by atoms with Crippen LogP contribution in [-0.4, -0.2) is 33.0 Å². The Labute approximate surface area is 168 Å². The van der Waals surface area contributed by atoms with E-state index in [0.29, 0.717) is 16.5 Å². The second kappa shape index (κ2) is 8.75. The van der Waals surface area contributed by atoms with Gasteiger partial charge in [-0.2, -0.15) is 0 Å². The van der Waals surface area contributed by atoms with Gasteiger partial charge in [-0.25, -0.2) is 19.3 Å². The molecule has 6 nitrogen and oxygen atoms in total. The standard InChI is InChI=1S/C20H22ClFN6/c21-18-7-6-17-19(28-18)20(27-12-26-17)24-8-2-1-4-16-14(10-13(22)11-25-16)15-5-3-9-23-15/h6-7,10-12,15,23H,1-5,8-9H2,(H,24,26,27). The number of fused-ring (bicyclic) bond motifs is 1. The Bertz CT molecular complexity index is 961. The average molecular weight is 401 g/mol. The van der Waals surface area contributed by atoms with Crippen molar-refractivity contribution in [1.82, 2.24) is 25.3 Å². The molecule has 3 aromatic rings. The summed E-state index contributed by atoms with van der Waals surface area (Å²) in [6.07, 6.45) is 7.69. The van der Waals surface area contributed by atoms with Gasteiger partial charge in [-0.1, -0.05) is 11.6 Å². The predicted octanol–water partition coefficient (Wildman–Crippen LogP) is 4.07. The average Bonchev–Trinajstić information content (AvgIpc) is 3.23. The highest BCUT2D eigenvalue weighted by Crippen LogP contribution is 2.26. The minimum Gasteiger partial charge on any atom is -0.368 e. The van der Waals surface area contributed by atoms with Crippen molar-refractivity contribution in [1.29, 1.82) is 0 Å². The lowest BCUT2D eigenvalue weighted by molar-refractivity contribution is 0.587. The van der Waals surface area contributed by atoms with Crippen LogP contribution in [0.4, 0.5) is 10.2 Å². The number of nitrogens with one attached hydrogen (secondary N) is 2. The number of hydrogen-bond acceptors (Lipinski definition) is 6. The normalized spacial score (nSPS) is 16.6. The summed E-state index contributed by atoms with van der Waals surface area (Å²) in [5.74, 6) is 0.416. The zero-order valence-electron chi connectivity index (χ0n) is 15.5. The van der Waals surface area contributed by atoms with Crippen molar-refractivity contribution in [2.75, 3.05) is 18.4 Å². The maximum absolute atomic E-state index is 13.7. The Morgan fingerprint density at radius 3 is 3.00 bits per heavy atom. The van der Waals surface area contributed by atoms with Crippen LogP contribution in [0.5, 0.6) is 0 Å². The highest BCUT2D eigenvalue weighted by atomic mass is 35.5. The van der Waals surface area contributed by atoms with Crippen LogP contribution in [-0.2, 0) is 6.42 Å². The molecule has 0 aromatic carbocycles. The number of nitrogens with zero attached hydrogens (tertiary/aromatic N) is 4. The first kappa shape index (κ1) is 19.0. The fraction of sp³-hybridized carbons (Fsp3) is 0.400. The van der Waals surface area contributed by atoms with Gasteiger partial charge < -0.3 is 10.6 Å². The summed E-state index contributed by atoms with van der Waals surface area (Å²) in [6, 6.07) is 5.40. The smallest absolute Gasteiger partial charge is 0.156 e. The molecule has 0 bridgehead atoms. The highest BCUT2D eigenvalue weighted by Gasteiger charge is 2.20. The van der Waals surface area contributed by atoms with Crippen molar-refractivity contribution in [2.45, 2.75) is 38.1 Å². The van der Waals surface area contributed by atoms with E-state index in [9.17, 15) is 4.39 Å². The molecule has 0 spiro atoms. The molecule has 4 rings (SSSR count). The first-order valence-corrected chi connectivity index (χ1v) is 9.97. The van der Waals surface area contributed by atoms with Crippen molar-refractivity contribution in [3.63, 3.8) is 0 Å². The van der Waals surface area contributed by atoms with Gasteiger partial charge in [0, 0.05) is 18.3 Å². The quantitative estimate of drug-likeness (QED) is 0.460. The molecule has 0 amide bonds. The number of unbranched alkanes of at least 4 members (excludes halogenated alkanes) is 1. The van der Waals surface area contributed by atoms with E-state index >= 15 is 0 Å². The zero-order chi connectivity index (χ0) is 19.3. The van der Waals surface area contributed by atoms with Crippen molar-refractivity contribution < 1.29 is 4.39 Å². The molecular weight excluding hydrogens is 379 g/mol. The van der Waals surface area contributed by atoms with Gasteiger partial charge in [-0.05, 0) is 62.4 Å². The van der Waals surface area contributed by atoms with E-state index in [4.69, 9.17) is 11.6 Å². The summed E-state index contributed by atoms with van der Waals surface area (Å²) in [5, 5.41) is 7.17. The maximum Gasteiger partial charge on any atom is 0.156 e. The molecular formula is C20H22ClFN6. The van der Waals surface area contributed by atoms with Gasteiger partial charge in [-0.3, -0.25) is 4.98 Å². The number of halogens is 2. The lowest BCUT2D eigenvalue weighted by atomic mass is 10.00. The molecule has 1 aliphatic rings. The Balaban J connectivity index is 1.34. The molecule has 0 saturated carbocycles. The lowest BCUT2D eigenvalue weighted by Gasteiger charge is -2.15. The SMILES string of the molecule is Fc1cnc(CCCCNc2ncnc3ccc(Cl)nc23)c(C2CCCN2)c1. The predicted molar refractivity (Wildman–Crippen MR) is 108 cm³/mol. The number of anilines is 1. The van der Waals surface area contributed by atoms with E-state index in [0.717, 1.165) is 62.0 Å². The molecule has 1 fully saturated rings. The number of aryl methyl sites for hydroxylation is 1. The van der Waals surface area contributed by atoms with Crippen LogP contribution in [0, 0.1) is 5.82 Å². The Morgan fingerprint density at radius 2 is 2.14 bits per heavy atom. The Hall–Kier alpha value is -2.38. The molecule has 0 aliphatic carbocycles. The van der Waals surface area contributed by atoms with E-state index in [2.05, 4.69) is 30.6 Å². The van der Waals surface area contributed by atoms with Crippen LogP contribution in [0.1, 0.15) is 43.0 Å². The number of rotatable bonds is 7. The van der Waals surface area contributed by atoms with Gasteiger partial charge in [0.2, 0.25) is 0 Å². The molecule has 1 atom stereocenters. The minimum atomic E-state index is -0.268. The Morgan fingerprint density at radius 1 is 1.21 bits per heavy atom. The van der Waals surface area contributed by atoms with Gasteiger partial charge in [0.1, 0.15) is 22.8 Å². The van der Waals surface area contributed by atoms with Crippen molar-refractivity contribution in [3.8, 4) is 0 Å². The topological polar surface area (TPSA) is 75.6 Å². The van der Waals surface area contributed by atoms with Gasteiger partial charge in [-0.15, -0.1) is 0 Å². The second-order valence-electron chi connectivity index (χ2n) is 6.95. The molecule has 8 heteroatoms. The van der Waals surface area contributed by atoms with Crippen LogP contribution in [0.2, 0.25) is 5.15 Å². The highest BCUT2D eigenvalue weighted by molar-refractivity contribution is 6.29. The molecule has 1 aliphatic heterocycles. The fourth-order valence-corrected chi connectivity index (χ4v) is 3.76. The molecule has 3 aromatic heterocycles. The second-order valence-corrected chi connectivity index (χ2v) is 7.33. The summed E-state index contributed by atoms with van der Waals surface area (Å²) >= 11 is 5.99. The zero-order valence-corrected chi connectivity index (χ0v) is 16.2. The molecule has 4 heterocycles. The summed E-state index contributed by atoms with van der Waals surface area (Å²) in [7, 11) is 0. The molecule has 1 unspecified atom stereocenters. The molecule has 146 valence electrons. The van der Waals surface area contributed by atoms with Crippen LogP contribution in [0.3, 0.4) is 0 Å². The number of pyridine rings is 2. The minimum absolute atomic E-state index is 0.222. The van der Waals surface area contributed by atoms with Crippen LogP contribution >= 0.6 is 11.6 Å². The maximum atomic E-state index is 13.7. The van der Waals surface area contributed by atoms with Gasteiger partial charge in [0.15, 0.2) is 5.82 Å². The van der Waals surface area contributed by atoms with E-state index < -0.39 is 0 Å².